The molecule has 2 aliphatic rings. The molecule has 3 N–H and O–H groups in total. The van der Waals surface area contributed by atoms with Crippen LogP contribution < -0.4 is 20.5 Å². The highest BCUT2D eigenvalue weighted by molar-refractivity contribution is 5.95. The van der Waals surface area contributed by atoms with Crippen LogP contribution in [0.25, 0.3) is 11.0 Å². The normalized spacial score (nSPS) is 18.6. The number of aromatic nitrogens is 2. The minimum absolute atomic E-state index is 0.131. The van der Waals surface area contributed by atoms with Crippen LogP contribution in [-0.4, -0.2) is 28.7 Å². The summed E-state index contributed by atoms with van der Waals surface area (Å²) in [6, 6.07) is 8.45. The van der Waals surface area contributed by atoms with Crippen LogP contribution in [0.3, 0.4) is 0 Å². The van der Waals surface area contributed by atoms with Crippen molar-refractivity contribution in [2.45, 2.75) is 18.8 Å². The number of hydrogen-bond acceptors (Lipinski definition) is 6. The molecule has 1 aromatic heterocycles. The Morgan fingerprint density at radius 1 is 1.07 bits per heavy atom. The lowest BCUT2D eigenvalue weighted by atomic mass is 10.1. The standard InChI is InChI=1S/C19H16F3N5O2/c20-19(21,22)11-4-2-10(3-5-11)16-25-17(23)26-18-24-12-8-14-15(9-13(12)27(16)18)29-7-1-6-28-14/h2-5,8-9,16H,1,6-7H2,(H3,23,24,25,26)/t16-/m1/s1. The molecule has 0 amide bonds. The zero-order chi connectivity index (χ0) is 20.2. The summed E-state index contributed by atoms with van der Waals surface area (Å²) in [4.78, 5) is 8.94. The Bertz CT molecular complexity index is 1120. The lowest BCUT2D eigenvalue weighted by molar-refractivity contribution is -0.137. The van der Waals surface area contributed by atoms with Crippen LogP contribution in [0.2, 0.25) is 0 Å². The molecule has 29 heavy (non-hydrogen) atoms. The number of fused-ring (bicyclic) bond motifs is 4. The molecule has 7 nitrogen and oxygen atoms in total. The van der Waals surface area contributed by atoms with Crippen molar-refractivity contribution in [2.24, 2.45) is 10.7 Å². The molecule has 3 aromatic rings. The van der Waals surface area contributed by atoms with Gasteiger partial charge in [0.05, 0.1) is 29.8 Å². The maximum atomic E-state index is 12.9. The summed E-state index contributed by atoms with van der Waals surface area (Å²) in [5, 5.41) is 2.91. The molecule has 150 valence electrons. The molecule has 1 atom stereocenters. The van der Waals surface area contributed by atoms with E-state index in [1.807, 2.05) is 6.07 Å². The molecule has 0 spiro atoms. The molecule has 0 fully saturated rings. The predicted octanol–water partition coefficient (Wildman–Crippen LogP) is 3.50. The van der Waals surface area contributed by atoms with Gasteiger partial charge in [0, 0.05) is 18.6 Å². The maximum absolute atomic E-state index is 12.9. The Labute approximate surface area is 162 Å². The average Bonchev–Trinajstić information content (AvgIpc) is 2.86. The van der Waals surface area contributed by atoms with Crippen LogP contribution in [0, 0.1) is 0 Å². The number of benzene rings is 2. The van der Waals surface area contributed by atoms with Crippen LogP contribution in [0.4, 0.5) is 19.1 Å². The zero-order valence-corrected chi connectivity index (χ0v) is 15.0. The topological polar surface area (TPSA) is 86.7 Å². The van der Waals surface area contributed by atoms with E-state index in [4.69, 9.17) is 15.2 Å². The number of hydrogen-bond donors (Lipinski definition) is 2. The minimum Gasteiger partial charge on any atom is -0.489 e. The number of rotatable bonds is 1. The Balaban J connectivity index is 1.64. The summed E-state index contributed by atoms with van der Waals surface area (Å²) in [5.41, 5.74) is 7.07. The van der Waals surface area contributed by atoms with E-state index in [1.54, 1.807) is 10.6 Å². The molecule has 3 heterocycles. The van der Waals surface area contributed by atoms with Gasteiger partial charge in [-0.05, 0) is 17.7 Å². The summed E-state index contributed by atoms with van der Waals surface area (Å²) in [6.45, 7) is 1.08. The van der Waals surface area contributed by atoms with Gasteiger partial charge in [-0.2, -0.15) is 13.2 Å². The van der Waals surface area contributed by atoms with Crippen molar-refractivity contribution in [2.75, 3.05) is 18.5 Å². The largest absolute Gasteiger partial charge is 0.489 e. The third-order valence-corrected chi connectivity index (χ3v) is 4.84. The van der Waals surface area contributed by atoms with E-state index in [9.17, 15) is 13.2 Å². The first-order chi connectivity index (χ1) is 13.9. The first-order valence-electron chi connectivity index (χ1n) is 8.99. The number of nitrogens with two attached hydrogens (primary N) is 1. The van der Waals surface area contributed by atoms with Gasteiger partial charge < -0.3 is 15.2 Å². The van der Waals surface area contributed by atoms with E-state index in [0.717, 1.165) is 18.6 Å². The van der Waals surface area contributed by atoms with Crippen molar-refractivity contribution in [3.05, 3.63) is 47.5 Å². The molecule has 10 heteroatoms. The van der Waals surface area contributed by atoms with Crippen molar-refractivity contribution in [3.63, 3.8) is 0 Å². The summed E-state index contributed by atoms with van der Waals surface area (Å²) < 4.78 is 52.0. The van der Waals surface area contributed by atoms with Gasteiger partial charge in [-0.25, -0.2) is 9.98 Å². The molecule has 0 radical (unpaired) electrons. The van der Waals surface area contributed by atoms with Crippen LogP contribution in [0.1, 0.15) is 23.7 Å². The summed E-state index contributed by atoms with van der Waals surface area (Å²) >= 11 is 0. The molecule has 0 unspecified atom stereocenters. The molecule has 2 aliphatic heterocycles. The molecule has 0 saturated heterocycles. The second-order valence-electron chi connectivity index (χ2n) is 6.78. The number of ether oxygens (including phenoxy) is 2. The molecule has 0 aliphatic carbocycles. The Kier molecular flexibility index (Phi) is 3.83. The van der Waals surface area contributed by atoms with E-state index in [2.05, 4.69) is 15.3 Å². The van der Waals surface area contributed by atoms with E-state index in [1.165, 1.54) is 12.1 Å². The minimum atomic E-state index is -4.41. The Morgan fingerprint density at radius 3 is 2.45 bits per heavy atom. The number of imidazole rings is 1. The van der Waals surface area contributed by atoms with Gasteiger partial charge in [-0.3, -0.25) is 9.88 Å². The second-order valence-corrected chi connectivity index (χ2v) is 6.78. The first kappa shape index (κ1) is 17.7. The summed E-state index contributed by atoms with van der Waals surface area (Å²) in [5.74, 6) is 1.76. The van der Waals surface area contributed by atoms with Gasteiger partial charge in [0.1, 0.15) is 0 Å². The third-order valence-electron chi connectivity index (χ3n) is 4.84. The van der Waals surface area contributed by atoms with E-state index in [0.29, 0.717) is 47.3 Å². The van der Waals surface area contributed by atoms with Crippen molar-refractivity contribution < 1.29 is 22.6 Å². The monoisotopic (exact) mass is 403 g/mol. The number of halogens is 3. The fourth-order valence-corrected chi connectivity index (χ4v) is 3.49. The fraction of sp³-hybridized carbons (Fsp3) is 0.263. The number of nitrogens with zero attached hydrogens (tertiary/aromatic N) is 3. The first-order valence-corrected chi connectivity index (χ1v) is 8.99. The average molecular weight is 403 g/mol. The molecular formula is C19H16F3N5O2. The van der Waals surface area contributed by atoms with Gasteiger partial charge >= 0.3 is 6.18 Å². The van der Waals surface area contributed by atoms with Gasteiger partial charge in [0.15, 0.2) is 23.6 Å². The van der Waals surface area contributed by atoms with Crippen LogP contribution in [0.15, 0.2) is 41.4 Å². The molecular weight excluding hydrogens is 387 g/mol. The highest BCUT2D eigenvalue weighted by Gasteiger charge is 2.31. The lowest BCUT2D eigenvalue weighted by Crippen LogP contribution is -2.31. The smallest absolute Gasteiger partial charge is 0.416 e. The maximum Gasteiger partial charge on any atom is 0.416 e. The molecule has 5 rings (SSSR count). The van der Waals surface area contributed by atoms with Gasteiger partial charge in [0.25, 0.3) is 0 Å². The van der Waals surface area contributed by atoms with Crippen molar-refractivity contribution in [3.8, 4) is 11.5 Å². The number of nitrogens with one attached hydrogen (secondary N) is 1. The molecule has 0 bridgehead atoms. The lowest BCUT2D eigenvalue weighted by Gasteiger charge is -2.24. The number of alkyl halides is 3. The number of anilines is 1. The summed E-state index contributed by atoms with van der Waals surface area (Å²) in [6.07, 6.45) is -4.30. The van der Waals surface area contributed by atoms with Crippen LogP contribution in [0.5, 0.6) is 11.5 Å². The van der Waals surface area contributed by atoms with Crippen molar-refractivity contribution >= 4 is 22.9 Å². The SMILES string of the molecule is NC1=N[C@@H](c2ccc(C(F)(F)F)cc2)n2c(nc3cc4c(cc32)OCCCO4)N1. The quantitative estimate of drug-likeness (QED) is 0.650. The highest BCUT2D eigenvalue weighted by Crippen LogP contribution is 2.39. The Morgan fingerprint density at radius 2 is 1.76 bits per heavy atom. The van der Waals surface area contributed by atoms with Crippen LogP contribution >= 0.6 is 0 Å². The zero-order valence-electron chi connectivity index (χ0n) is 15.0. The van der Waals surface area contributed by atoms with Gasteiger partial charge in [0.2, 0.25) is 5.95 Å². The third kappa shape index (κ3) is 3.00. The highest BCUT2D eigenvalue weighted by atomic mass is 19.4. The van der Waals surface area contributed by atoms with E-state index < -0.39 is 17.9 Å². The number of guanidine groups is 1. The van der Waals surface area contributed by atoms with E-state index >= 15 is 0 Å². The molecule has 2 aromatic carbocycles. The van der Waals surface area contributed by atoms with Crippen molar-refractivity contribution in [1.29, 1.82) is 0 Å². The second kappa shape index (κ2) is 6.29. The van der Waals surface area contributed by atoms with Gasteiger partial charge in [-0.1, -0.05) is 12.1 Å². The predicted molar refractivity (Wildman–Crippen MR) is 100 cm³/mol. The molecule has 0 saturated carbocycles. The van der Waals surface area contributed by atoms with Crippen molar-refractivity contribution in [1.82, 2.24) is 9.55 Å². The fourth-order valence-electron chi connectivity index (χ4n) is 3.49. The van der Waals surface area contributed by atoms with Crippen LogP contribution in [-0.2, 0) is 6.18 Å². The number of aliphatic imine (C=N–C) groups is 1. The Hall–Kier alpha value is -3.43. The van der Waals surface area contributed by atoms with Gasteiger partial charge in [-0.15, -0.1) is 0 Å². The van der Waals surface area contributed by atoms with E-state index in [-0.39, 0.29) is 5.96 Å². The summed E-state index contributed by atoms with van der Waals surface area (Å²) in [7, 11) is 0.